The zero-order valence-electron chi connectivity index (χ0n) is 19.6. The second kappa shape index (κ2) is 10.5. The van der Waals surface area contributed by atoms with Crippen LogP contribution in [0.3, 0.4) is 0 Å². The van der Waals surface area contributed by atoms with Crippen molar-refractivity contribution in [1.29, 1.82) is 0 Å². The highest BCUT2D eigenvalue weighted by atomic mass is 79.9. The van der Waals surface area contributed by atoms with Gasteiger partial charge in [0.25, 0.3) is 5.91 Å². The molecule has 1 aromatic heterocycles. The summed E-state index contributed by atoms with van der Waals surface area (Å²) in [6.07, 6.45) is 1.78. The minimum Gasteiger partial charge on any atom is -0.351 e. The smallest absolute Gasteiger partial charge is 0.316 e. The summed E-state index contributed by atoms with van der Waals surface area (Å²) in [5, 5.41) is 7.31. The molecule has 10 heteroatoms. The van der Waals surface area contributed by atoms with Crippen molar-refractivity contribution in [3.8, 4) is 16.9 Å². The summed E-state index contributed by atoms with van der Waals surface area (Å²) in [5.41, 5.74) is 9.60. The van der Waals surface area contributed by atoms with Crippen molar-refractivity contribution in [2.75, 3.05) is 18.5 Å². The van der Waals surface area contributed by atoms with Crippen molar-refractivity contribution in [3.05, 3.63) is 100 Å². The number of ether oxygens (including phenoxy) is 1. The van der Waals surface area contributed by atoms with Gasteiger partial charge in [0.05, 0.1) is 5.69 Å². The molecule has 0 spiro atoms. The van der Waals surface area contributed by atoms with E-state index in [1.54, 1.807) is 33.8 Å². The first-order valence-electron chi connectivity index (χ1n) is 11.6. The van der Waals surface area contributed by atoms with Crippen LogP contribution < -0.4 is 11.1 Å². The maximum absolute atomic E-state index is 13.6. The topological polar surface area (TPSA) is 102 Å². The van der Waals surface area contributed by atoms with Gasteiger partial charge in [0, 0.05) is 34.0 Å². The second-order valence-electron chi connectivity index (χ2n) is 8.55. The van der Waals surface area contributed by atoms with E-state index in [0.29, 0.717) is 35.5 Å². The first kappa shape index (κ1) is 24.7. The minimum absolute atomic E-state index is 0.0432. The summed E-state index contributed by atoms with van der Waals surface area (Å²) in [6, 6.07) is 20.4. The number of primary amides is 1. The lowest BCUT2D eigenvalue weighted by atomic mass is 10.1. The maximum atomic E-state index is 13.6. The lowest BCUT2D eigenvalue weighted by Crippen LogP contribution is -2.30. The molecule has 0 aliphatic carbocycles. The molecule has 1 aliphatic heterocycles. The molecule has 0 bridgehead atoms. The first-order valence-corrected chi connectivity index (χ1v) is 12.3. The van der Waals surface area contributed by atoms with E-state index < -0.39 is 12.3 Å². The van der Waals surface area contributed by atoms with Gasteiger partial charge in [0.2, 0.25) is 0 Å². The first-order chi connectivity index (χ1) is 17.9. The highest BCUT2D eigenvalue weighted by Gasteiger charge is 2.36. The molecule has 1 aliphatic rings. The van der Waals surface area contributed by atoms with Gasteiger partial charge in [-0.1, -0.05) is 28.1 Å². The Morgan fingerprint density at radius 3 is 2.46 bits per heavy atom. The van der Waals surface area contributed by atoms with Gasteiger partial charge in [-0.15, -0.1) is 0 Å². The van der Waals surface area contributed by atoms with E-state index >= 15 is 0 Å². The molecule has 1 fully saturated rings. The van der Waals surface area contributed by atoms with Gasteiger partial charge in [0.15, 0.2) is 6.23 Å². The van der Waals surface area contributed by atoms with Crippen LogP contribution in [0.25, 0.3) is 16.9 Å². The van der Waals surface area contributed by atoms with Crippen molar-refractivity contribution < 1.29 is 18.7 Å². The van der Waals surface area contributed by atoms with Crippen LogP contribution in [0.4, 0.5) is 14.9 Å². The Morgan fingerprint density at radius 1 is 1.08 bits per heavy atom. The predicted octanol–water partition coefficient (Wildman–Crippen LogP) is 5.03. The molecule has 8 nitrogen and oxygen atoms in total. The number of carbonyl (C=O) groups excluding carboxylic acids is 2. The van der Waals surface area contributed by atoms with E-state index in [4.69, 9.17) is 15.6 Å². The molecule has 3 amide bonds. The summed E-state index contributed by atoms with van der Waals surface area (Å²) in [6.45, 7) is 0.372. The Morgan fingerprint density at radius 2 is 1.78 bits per heavy atom. The van der Waals surface area contributed by atoms with Gasteiger partial charge in [0.1, 0.15) is 18.1 Å². The normalized spacial score (nSPS) is 15.2. The van der Waals surface area contributed by atoms with Crippen LogP contribution in [0, 0.1) is 5.82 Å². The zero-order chi connectivity index (χ0) is 25.9. The zero-order valence-corrected chi connectivity index (χ0v) is 21.2. The molecule has 3 aromatic carbocycles. The summed E-state index contributed by atoms with van der Waals surface area (Å²) < 4.78 is 22.3. The van der Waals surface area contributed by atoms with Crippen LogP contribution >= 0.6 is 15.9 Å². The van der Waals surface area contributed by atoms with Gasteiger partial charge in [-0.3, -0.25) is 4.79 Å². The molecular formula is C27H23BrFN5O3. The Hall–Kier alpha value is -4.02. The highest BCUT2D eigenvalue weighted by molar-refractivity contribution is 9.10. The fourth-order valence-corrected chi connectivity index (χ4v) is 4.49. The molecule has 1 unspecified atom stereocenters. The number of urea groups is 1. The maximum Gasteiger partial charge on any atom is 0.316 e. The van der Waals surface area contributed by atoms with Crippen molar-refractivity contribution in [1.82, 2.24) is 14.7 Å². The average molecular weight is 564 g/mol. The lowest BCUT2D eigenvalue weighted by molar-refractivity contribution is -0.128. The number of aromatic nitrogens is 2. The number of nitrogens with zero attached hydrogens (tertiary/aromatic N) is 3. The second-order valence-corrected chi connectivity index (χ2v) is 9.46. The number of amides is 3. The number of anilines is 1. The fourth-order valence-electron chi connectivity index (χ4n) is 4.23. The van der Waals surface area contributed by atoms with E-state index in [-0.39, 0.29) is 18.3 Å². The van der Waals surface area contributed by atoms with Crippen LogP contribution in [0.1, 0.15) is 17.4 Å². The lowest BCUT2D eigenvalue weighted by Gasteiger charge is -2.23. The van der Waals surface area contributed by atoms with Gasteiger partial charge in [-0.25, -0.2) is 13.9 Å². The summed E-state index contributed by atoms with van der Waals surface area (Å²) in [4.78, 5) is 25.5. The Balaban J connectivity index is 1.44. The molecule has 37 heavy (non-hydrogen) atoms. The number of nitrogens with two attached hydrogens (primary N) is 1. The molecule has 1 saturated heterocycles. The van der Waals surface area contributed by atoms with Crippen molar-refractivity contribution >= 4 is 33.6 Å². The largest absolute Gasteiger partial charge is 0.351 e. The molecule has 2 heterocycles. The van der Waals surface area contributed by atoms with Crippen molar-refractivity contribution in [2.24, 2.45) is 5.73 Å². The third-order valence-electron chi connectivity index (χ3n) is 6.05. The standard InChI is InChI=1S/C27H23BrFN5O3/c28-19-5-11-22(12-6-19)34-15-23(25(32-34)18-3-7-20(29)8-4-18)26-33(24(35)16-37-26)14-13-17-1-9-21(10-2-17)31-27(30)36/h1-12,15,26H,13-14,16H2,(H3,30,31,36). The van der Waals surface area contributed by atoms with E-state index in [2.05, 4.69) is 21.2 Å². The van der Waals surface area contributed by atoms with Gasteiger partial charge >= 0.3 is 6.03 Å². The quantitative estimate of drug-likeness (QED) is 0.329. The molecule has 5 rings (SSSR count). The van der Waals surface area contributed by atoms with Crippen LogP contribution in [0.15, 0.2) is 83.5 Å². The number of halogens is 2. The Bertz CT molecular complexity index is 1420. The van der Waals surface area contributed by atoms with Crippen molar-refractivity contribution in [2.45, 2.75) is 12.6 Å². The molecular weight excluding hydrogens is 541 g/mol. The predicted molar refractivity (Wildman–Crippen MR) is 140 cm³/mol. The summed E-state index contributed by atoms with van der Waals surface area (Å²) in [5.74, 6) is -0.470. The van der Waals surface area contributed by atoms with Gasteiger partial charge in [-0.2, -0.15) is 5.10 Å². The number of rotatable bonds is 7. The summed E-state index contributed by atoms with van der Waals surface area (Å²) >= 11 is 3.45. The Labute approximate surface area is 221 Å². The van der Waals surface area contributed by atoms with E-state index in [1.165, 1.54) is 12.1 Å². The molecule has 4 aromatic rings. The molecule has 3 N–H and O–H groups in total. The fraction of sp³-hybridized carbons (Fsp3) is 0.148. The number of hydrogen-bond donors (Lipinski definition) is 2. The molecule has 188 valence electrons. The van der Waals surface area contributed by atoms with E-state index in [1.807, 2.05) is 42.6 Å². The Kier molecular flexibility index (Phi) is 7.02. The number of hydrogen-bond acceptors (Lipinski definition) is 4. The van der Waals surface area contributed by atoms with Crippen LogP contribution in [-0.4, -0.2) is 39.8 Å². The third-order valence-corrected chi connectivity index (χ3v) is 6.58. The number of benzene rings is 3. The SMILES string of the molecule is NC(=O)Nc1ccc(CCN2C(=O)COC2c2cn(-c3ccc(Br)cc3)nc2-c2ccc(F)cc2)cc1. The molecule has 0 saturated carbocycles. The van der Waals surface area contributed by atoms with Gasteiger partial charge in [-0.05, 0) is 72.6 Å². The summed E-state index contributed by atoms with van der Waals surface area (Å²) in [7, 11) is 0. The van der Waals surface area contributed by atoms with Crippen LogP contribution in [0.2, 0.25) is 0 Å². The van der Waals surface area contributed by atoms with Crippen molar-refractivity contribution in [3.63, 3.8) is 0 Å². The monoisotopic (exact) mass is 563 g/mol. The minimum atomic E-state index is -0.646. The van der Waals surface area contributed by atoms with E-state index in [9.17, 15) is 14.0 Å². The van der Waals surface area contributed by atoms with Crippen LogP contribution in [0.5, 0.6) is 0 Å². The average Bonchev–Trinajstić information content (AvgIpc) is 3.48. The van der Waals surface area contributed by atoms with Crippen LogP contribution in [-0.2, 0) is 16.0 Å². The van der Waals surface area contributed by atoms with E-state index in [0.717, 1.165) is 15.7 Å². The van der Waals surface area contributed by atoms with Gasteiger partial charge < -0.3 is 20.7 Å². The number of carbonyl (C=O) groups is 2. The number of nitrogens with one attached hydrogen (secondary N) is 1. The molecule has 1 atom stereocenters. The third kappa shape index (κ3) is 5.55. The highest BCUT2D eigenvalue weighted by Crippen LogP contribution is 2.35. The molecule has 0 radical (unpaired) electrons.